The van der Waals surface area contributed by atoms with Gasteiger partial charge in [0.2, 0.25) is 0 Å². The Morgan fingerprint density at radius 3 is 2.33 bits per heavy atom. The Morgan fingerprint density at radius 1 is 0.970 bits per heavy atom. The van der Waals surface area contributed by atoms with Crippen LogP contribution in [0.5, 0.6) is 5.75 Å². The summed E-state index contributed by atoms with van der Waals surface area (Å²) in [5.74, 6) is 0.218. The Kier molecular flexibility index (Phi) is 5.56. The van der Waals surface area contributed by atoms with Crippen LogP contribution < -0.4 is 10.2 Å². The van der Waals surface area contributed by atoms with Gasteiger partial charge in [-0.25, -0.2) is 0 Å². The third kappa shape index (κ3) is 3.86. The molecule has 1 fully saturated rings. The van der Waals surface area contributed by atoms with Crippen LogP contribution in [0.15, 0.2) is 79.0 Å². The minimum atomic E-state index is -0.133. The van der Waals surface area contributed by atoms with Gasteiger partial charge in [0.15, 0.2) is 5.11 Å². The maximum Gasteiger partial charge on any atom is 0.174 e. The van der Waals surface area contributed by atoms with Crippen LogP contribution in [0.1, 0.15) is 34.7 Å². The van der Waals surface area contributed by atoms with Gasteiger partial charge >= 0.3 is 0 Å². The zero-order chi connectivity index (χ0) is 23.1. The predicted molar refractivity (Wildman–Crippen MR) is 136 cm³/mol. The van der Waals surface area contributed by atoms with Gasteiger partial charge in [0.1, 0.15) is 5.75 Å². The molecule has 5 nitrogen and oxygen atoms in total. The highest BCUT2D eigenvalue weighted by molar-refractivity contribution is 7.80. The van der Waals surface area contributed by atoms with Gasteiger partial charge in [0.25, 0.3) is 0 Å². The number of phenolic OH excluding ortho intramolecular Hbond substituents is 1. The third-order valence-electron chi connectivity index (χ3n) is 6.10. The van der Waals surface area contributed by atoms with E-state index in [1.165, 1.54) is 0 Å². The molecule has 0 unspecified atom stereocenters. The van der Waals surface area contributed by atoms with Gasteiger partial charge in [-0.1, -0.05) is 17.7 Å². The highest BCUT2D eigenvalue weighted by Gasteiger charge is 2.42. The Balaban J connectivity index is 1.67. The summed E-state index contributed by atoms with van der Waals surface area (Å²) in [6.45, 7) is 4.23. The van der Waals surface area contributed by atoms with Crippen LogP contribution in [0.3, 0.4) is 0 Å². The second kappa shape index (κ2) is 8.54. The fourth-order valence-corrected chi connectivity index (χ4v) is 5.11. The van der Waals surface area contributed by atoms with Crippen LogP contribution >= 0.6 is 23.8 Å². The van der Waals surface area contributed by atoms with Crippen LogP contribution in [0.25, 0.3) is 5.69 Å². The van der Waals surface area contributed by atoms with Crippen LogP contribution in [0.2, 0.25) is 5.02 Å². The molecule has 2 N–H and O–H groups in total. The van der Waals surface area contributed by atoms with Crippen molar-refractivity contribution >= 4 is 34.6 Å². The van der Waals surface area contributed by atoms with E-state index in [4.69, 9.17) is 23.8 Å². The molecular formula is C26H23ClN4OS. The fourth-order valence-electron chi connectivity index (χ4n) is 4.64. The van der Waals surface area contributed by atoms with Crippen molar-refractivity contribution in [2.24, 2.45) is 0 Å². The number of nitrogens with zero attached hydrogens (tertiary/aromatic N) is 3. The lowest BCUT2D eigenvalue weighted by Gasteiger charge is -2.28. The second-order valence-electron chi connectivity index (χ2n) is 8.15. The zero-order valence-electron chi connectivity index (χ0n) is 18.2. The number of anilines is 1. The van der Waals surface area contributed by atoms with Crippen molar-refractivity contribution in [1.29, 1.82) is 0 Å². The van der Waals surface area contributed by atoms with Crippen molar-refractivity contribution in [3.05, 3.63) is 107 Å². The van der Waals surface area contributed by atoms with Crippen molar-refractivity contribution in [2.75, 3.05) is 4.90 Å². The van der Waals surface area contributed by atoms with E-state index in [1.807, 2.05) is 54.6 Å². The molecule has 0 radical (unpaired) electrons. The molecule has 1 aliphatic rings. The molecular weight excluding hydrogens is 452 g/mol. The molecule has 4 aromatic rings. The summed E-state index contributed by atoms with van der Waals surface area (Å²) in [5.41, 5.74) is 6.27. The summed E-state index contributed by atoms with van der Waals surface area (Å²) in [6.07, 6.45) is 1.80. The van der Waals surface area contributed by atoms with Crippen LogP contribution in [-0.4, -0.2) is 19.8 Å². The van der Waals surface area contributed by atoms with Crippen molar-refractivity contribution in [3.8, 4) is 11.4 Å². The normalized spacial score (nSPS) is 17.9. The molecule has 33 heavy (non-hydrogen) atoms. The van der Waals surface area contributed by atoms with Crippen molar-refractivity contribution in [1.82, 2.24) is 14.9 Å². The van der Waals surface area contributed by atoms with E-state index >= 15 is 0 Å². The molecule has 3 heterocycles. The first kappa shape index (κ1) is 21.5. The van der Waals surface area contributed by atoms with Crippen LogP contribution in [-0.2, 0) is 0 Å². The molecule has 0 saturated carbocycles. The lowest BCUT2D eigenvalue weighted by molar-refractivity contribution is 0.475. The van der Waals surface area contributed by atoms with E-state index < -0.39 is 0 Å². The summed E-state index contributed by atoms with van der Waals surface area (Å²) >= 11 is 11.9. The first-order chi connectivity index (χ1) is 15.9. The van der Waals surface area contributed by atoms with Crippen LogP contribution in [0, 0.1) is 13.8 Å². The number of hydrogen-bond donors (Lipinski definition) is 2. The molecule has 0 aliphatic carbocycles. The zero-order valence-corrected chi connectivity index (χ0v) is 19.8. The molecule has 2 aromatic carbocycles. The average molecular weight is 475 g/mol. The fraction of sp³-hybridized carbons (Fsp3) is 0.154. The summed E-state index contributed by atoms with van der Waals surface area (Å²) in [6, 6.07) is 22.9. The maximum absolute atomic E-state index is 9.82. The topological polar surface area (TPSA) is 53.3 Å². The van der Waals surface area contributed by atoms with Gasteiger partial charge < -0.3 is 19.9 Å². The Hall–Kier alpha value is -3.35. The molecule has 1 aliphatic heterocycles. The first-order valence-electron chi connectivity index (χ1n) is 10.7. The van der Waals surface area contributed by atoms with Gasteiger partial charge in [-0.05, 0) is 98.4 Å². The molecule has 2 aromatic heterocycles. The lowest BCUT2D eigenvalue weighted by Crippen LogP contribution is -2.29. The van der Waals surface area contributed by atoms with E-state index in [1.54, 1.807) is 18.3 Å². The van der Waals surface area contributed by atoms with Gasteiger partial charge in [-0.3, -0.25) is 4.98 Å². The Morgan fingerprint density at radius 2 is 1.67 bits per heavy atom. The van der Waals surface area contributed by atoms with E-state index in [2.05, 4.69) is 39.7 Å². The number of aromatic nitrogens is 2. The SMILES string of the molecule is Cc1cc([C@H]2[C@@H](c3ccccn3)NC(=S)N2c2ccc(O)cc2)c(C)n1-c1ccc(Cl)cc1. The van der Waals surface area contributed by atoms with Crippen molar-refractivity contribution in [2.45, 2.75) is 25.9 Å². The molecule has 0 amide bonds. The van der Waals surface area contributed by atoms with Crippen molar-refractivity contribution < 1.29 is 5.11 Å². The third-order valence-corrected chi connectivity index (χ3v) is 6.67. The highest BCUT2D eigenvalue weighted by Crippen LogP contribution is 2.44. The van der Waals surface area contributed by atoms with Gasteiger partial charge in [0.05, 0.1) is 17.8 Å². The molecule has 0 spiro atoms. The smallest absolute Gasteiger partial charge is 0.174 e. The second-order valence-corrected chi connectivity index (χ2v) is 8.97. The average Bonchev–Trinajstić information content (AvgIpc) is 3.31. The van der Waals surface area contributed by atoms with E-state index in [-0.39, 0.29) is 17.8 Å². The summed E-state index contributed by atoms with van der Waals surface area (Å²) in [7, 11) is 0. The van der Waals surface area contributed by atoms with E-state index in [9.17, 15) is 5.11 Å². The molecule has 0 bridgehead atoms. The van der Waals surface area contributed by atoms with Crippen molar-refractivity contribution in [3.63, 3.8) is 0 Å². The number of thiocarbonyl (C=S) groups is 1. The number of hydrogen-bond acceptors (Lipinski definition) is 3. The minimum absolute atomic E-state index is 0.121. The van der Waals surface area contributed by atoms with Gasteiger partial charge in [-0.2, -0.15) is 0 Å². The van der Waals surface area contributed by atoms with Crippen LogP contribution in [0.4, 0.5) is 5.69 Å². The minimum Gasteiger partial charge on any atom is -0.508 e. The molecule has 2 atom stereocenters. The van der Waals surface area contributed by atoms with Gasteiger partial charge in [0, 0.05) is 34.0 Å². The predicted octanol–water partition coefficient (Wildman–Crippen LogP) is 6.03. The highest BCUT2D eigenvalue weighted by atomic mass is 35.5. The number of halogens is 1. The van der Waals surface area contributed by atoms with E-state index in [0.29, 0.717) is 10.1 Å². The number of rotatable bonds is 4. The number of aryl methyl sites for hydroxylation is 1. The number of phenols is 1. The monoisotopic (exact) mass is 474 g/mol. The first-order valence-corrected chi connectivity index (χ1v) is 11.5. The lowest BCUT2D eigenvalue weighted by atomic mass is 9.96. The summed E-state index contributed by atoms with van der Waals surface area (Å²) < 4.78 is 2.23. The summed E-state index contributed by atoms with van der Waals surface area (Å²) in [4.78, 5) is 6.74. The van der Waals surface area contributed by atoms with Gasteiger partial charge in [-0.15, -0.1) is 0 Å². The number of benzene rings is 2. The maximum atomic E-state index is 9.82. The number of aromatic hydroxyl groups is 1. The summed E-state index contributed by atoms with van der Waals surface area (Å²) in [5, 5.41) is 14.6. The van der Waals surface area contributed by atoms with E-state index in [0.717, 1.165) is 34.0 Å². The largest absolute Gasteiger partial charge is 0.508 e. The number of nitrogens with one attached hydrogen (secondary N) is 1. The number of pyridine rings is 1. The Bertz CT molecular complexity index is 1300. The Labute approximate surface area is 203 Å². The molecule has 7 heteroatoms. The molecule has 1 saturated heterocycles. The molecule has 166 valence electrons. The quantitative estimate of drug-likeness (QED) is 0.354. The standard InChI is InChI=1S/C26H23ClN4OS/c1-16-15-22(17(2)30(16)19-8-6-18(27)7-9-19)25-24(23-5-3-4-14-28-23)29-26(33)31(25)20-10-12-21(32)13-11-20/h3-15,24-25,32H,1-2H3,(H,29,33)/t24-,25+/m1/s1. The molecule has 5 rings (SSSR count).